The van der Waals surface area contributed by atoms with Gasteiger partial charge in [-0.05, 0) is 63.6 Å². The van der Waals surface area contributed by atoms with Crippen molar-refractivity contribution in [3.63, 3.8) is 0 Å². The summed E-state index contributed by atoms with van der Waals surface area (Å²) in [5.41, 5.74) is 1.48. The molecule has 0 spiro atoms. The van der Waals surface area contributed by atoms with E-state index in [1.165, 1.54) is 44.1 Å². The van der Waals surface area contributed by atoms with Crippen LogP contribution in [0.5, 0.6) is 0 Å². The molecule has 0 aliphatic carbocycles. The Kier molecular flexibility index (Phi) is 4.97. The van der Waals surface area contributed by atoms with E-state index in [1.807, 2.05) is 0 Å². The number of nitrogens with one attached hydrogen (secondary N) is 1. The minimum absolute atomic E-state index is 0.701. The molecule has 2 fully saturated rings. The highest BCUT2D eigenvalue weighted by atomic mass is 15.2. The number of fused-ring (bicyclic) bond motifs is 2. The first kappa shape index (κ1) is 15.1. The number of hydrogen-bond donors (Lipinski definition) is 1. The van der Waals surface area contributed by atoms with Gasteiger partial charge in [-0.3, -0.25) is 0 Å². The van der Waals surface area contributed by atoms with Crippen molar-refractivity contribution >= 4 is 0 Å². The first-order chi connectivity index (χ1) is 10.3. The van der Waals surface area contributed by atoms with E-state index in [9.17, 15) is 0 Å². The first-order valence-electron chi connectivity index (χ1n) is 8.77. The maximum absolute atomic E-state index is 3.79. The Balaban J connectivity index is 1.59. The summed E-state index contributed by atoms with van der Waals surface area (Å²) in [5.74, 6) is 0.877. The smallest absolute Gasteiger partial charge is 0.00995 e. The molecule has 0 saturated carbocycles. The number of rotatable bonds is 6. The lowest BCUT2D eigenvalue weighted by molar-refractivity contribution is 0.110. The Morgan fingerprint density at radius 2 is 1.81 bits per heavy atom. The lowest BCUT2D eigenvalue weighted by Gasteiger charge is -2.40. The molecule has 2 aliphatic heterocycles. The fourth-order valence-corrected chi connectivity index (χ4v) is 4.52. The number of piperidine rings is 1. The van der Waals surface area contributed by atoms with E-state index in [2.05, 4.69) is 54.5 Å². The van der Waals surface area contributed by atoms with Crippen LogP contribution in [-0.4, -0.2) is 36.6 Å². The number of nitrogens with zero attached hydrogens (tertiary/aromatic N) is 1. The highest BCUT2D eigenvalue weighted by Crippen LogP contribution is 2.39. The third kappa shape index (κ3) is 3.49. The second-order valence-corrected chi connectivity index (χ2v) is 6.97. The molecule has 3 atom stereocenters. The molecule has 0 amide bonds. The molecule has 1 aromatic carbocycles. The second kappa shape index (κ2) is 6.93. The molecular weight excluding hydrogens is 256 g/mol. The minimum Gasteiger partial charge on any atom is -0.314 e. The van der Waals surface area contributed by atoms with Gasteiger partial charge in [-0.2, -0.15) is 0 Å². The topological polar surface area (TPSA) is 15.3 Å². The zero-order chi connectivity index (χ0) is 14.7. The molecule has 2 aliphatic rings. The highest BCUT2D eigenvalue weighted by molar-refractivity contribution is 5.15. The lowest BCUT2D eigenvalue weighted by atomic mass is 9.82. The summed E-state index contributed by atoms with van der Waals surface area (Å²) in [7, 11) is 2.34. The molecule has 1 aromatic rings. The van der Waals surface area contributed by atoms with E-state index in [1.54, 1.807) is 0 Å². The fourth-order valence-electron chi connectivity index (χ4n) is 4.52. The molecule has 116 valence electrons. The van der Waals surface area contributed by atoms with Crippen LogP contribution in [0.4, 0.5) is 0 Å². The average molecular weight is 286 g/mol. The summed E-state index contributed by atoms with van der Waals surface area (Å²) in [4.78, 5) is 2.65. The van der Waals surface area contributed by atoms with E-state index < -0.39 is 0 Å². The molecular formula is C19H30N2. The summed E-state index contributed by atoms with van der Waals surface area (Å²) in [5, 5.41) is 3.79. The monoisotopic (exact) mass is 286 g/mol. The van der Waals surface area contributed by atoms with Gasteiger partial charge in [-0.25, -0.2) is 0 Å². The number of benzene rings is 1. The minimum atomic E-state index is 0.701. The Bertz CT molecular complexity index is 416. The van der Waals surface area contributed by atoms with Crippen molar-refractivity contribution in [3.8, 4) is 0 Å². The molecule has 2 heterocycles. The van der Waals surface area contributed by atoms with Crippen LogP contribution in [0.2, 0.25) is 0 Å². The molecule has 0 aromatic heterocycles. The predicted molar refractivity (Wildman–Crippen MR) is 89.5 cm³/mol. The molecule has 3 unspecified atom stereocenters. The average Bonchev–Trinajstić information content (AvgIpc) is 2.74. The molecule has 3 rings (SSSR count). The van der Waals surface area contributed by atoms with Gasteiger partial charge in [0.15, 0.2) is 0 Å². The quantitative estimate of drug-likeness (QED) is 0.861. The van der Waals surface area contributed by atoms with Crippen LogP contribution in [0, 0.1) is 5.92 Å². The third-order valence-corrected chi connectivity index (χ3v) is 5.76. The summed E-state index contributed by atoms with van der Waals surface area (Å²) in [6.07, 6.45) is 8.15. The Morgan fingerprint density at radius 1 is 1.14 bits per heavy atom. The lowest BCUT2D eigenvalue weighted by Crippen LogP contribution is -2.47. The van der Waals surface area contributed by atoms with Crippen LogP contribution in [0.1, 0.15) is 44.6 Å². The summed E-state index contributed by atoms with van der Waals surface area (Å²) < 4.78 is 0. The zero-order valence-corrected chi connectivity index (χ0v) is 13.6. The first-order valence-corrected chi connectivity index (χ1v) is 8.77. The van der Waals surface area contributed by atoms with Crippen LogP contribution >= 0.6 is 0 Å². The normalized spacial score (nSPS) is 30.5. The van der Waals surface area contributed by atoms with Gasteiger partial charge in [0.1, 0.15) is 0 Å². The van der Waals surface area contributed by atoms with Crippen LogP contribution < -0.4 is 5.32 Å². The van der Waals surface area contributed by atoms with Crippen molar-refractivity contribution in [2.45, 2.75) is 63.6 Å². The molecule has 2 bridgehead atoms. The van der Waals surface area contributed by atoms with Crippen molar-refractivity contribution in [1.82, 2.24) is 10.2 Å². The van der Waals surface area contributed by atoms with E-state index >= 15 is 0 Å². The summed E-state index contributed by atoms with van der Waals surface area (Å²) >= 11 is 0. The van der Waals surface area contributed by atoms with Crippen LogP contribution in [0.3, 0.4) is 0 Å². The Hall–Kier alpha value is -0.860. The molecule has 0 radical (unpaired) electrons. The molecule has 2 nitrogen and oxygen atoms in total. The molecule has 2 saturated heterocycles. The van der Waals surface area contributed by atoms with Crippen LogP contribution in [0.25, 0.3) is 0 Å². The van der Waals surface area contributed by atoms with Gasteiger partial charge in [0.2, 0.25) is 0 Å². The number of hydrogen-bond acceptors (Lipinski definition) is 2. The zero-order valence-electron chi connectivity index (χ0n) is 13.6. The fraction of sp³-hybridized carbons (Fsp3) is 0.684. The highest BCUT2D eigenvalue weighted by Gasteiger charge is 2.40. The van der Waals surface area contributed by atoms with E-state index in [0.717, 1.165) is 24.5 Å². The van der Waals surface area contributed by atoms with Crippen molar-refractivity contribution < 1.29 is 0 Å². The van der Waals surface area contributed by atoms with Crippen molar-refractivity contribution in [2.24, 2.45) is 5.92 Å². The maximum atomic E-state index is 3.79. The summed E-state index contributed by atoms with van der Waals surface area (Å²) in [6.45, 7) is 3.35. The molecule has 21 heavy (non-hydrogen) atoms. The molecule has 1 N–H and O–H groups in total. The van der Waals surface area contributed by atoms with Crippen LogP contribution in [-0.2, 0) is 6.42 Å². The van der Waals surface area contributed by atoms with E-state index in [4.69, 9.17) is 0 Å². The summed E-state index contributed by atoms with van der Waals surface area (Å²) in [6, 6.07) is 13.4. The van der Waals surface area contributed by atoms with Gasteiger partial charge in [0.25, 0.3) is 0 Å². The standard InChI is InChI=1S/C19H30N2/c1-3-20-19(12-9-15-7-5-4-6-8-15)16-13-17-10-11-18(14-16)21(17)2/h4-8,16-20H,3,9-14H2,1-2H3. The SMILES string of the molecule is CCNC(CCc1ccccc1)C1CC2CCC(C1)N2C. The Labute approximate surface area is 129 Å². The van der Waals surface area contributed by atoms with Gasteiger partial charge >= 0.3 is 0 Å². The van der Waals surface area contributed by atoms with E-state index in [-0.39, 0.29) is 0 Å². The largest absolute Gasteiger partial charge is 0.314 e. The van der Waals surface area contributed by atoms with Gasteiger partial charge in [-0.15, -0.1) is 0 Å². The second-order valence-electron chi connectivity index (χ2n) is 6.97. The van der Waals surface area contributed by atoms with Gasteiger partial charge < -0.3 is 10.2 Å². The number of aryl methyl sites for hydroxylation is 1. The van der Waals surface area contributed by atoms with Gasteiger partial charge in [0.05, 0.1) is 0 Å². The van der Waals surface area contributed by atoms with Gasteiger partial charge in [-0.1, -0.05) is 37.3 Å². The van der Waals surface area contributed by atoms with Crippen molar-refractivity contribution in [3.05, 3.63) is 35.9 Å². The van der Waals surface area contributed by atoms with Crippen molar-refractivity contribution in [1.29, 1.82) is 0 Å². The van der Waals surface area contributed by atoms with Crippen molar-refractivity contribution in [2.75, 3.05) is 13.6 Å². The predicted octanol–water partition coefficient (Wildman–Crippen LogP) is 3.47. The van der Waals surface area contributed by atoms with Gasteiger partial charge in [0, 0.05) is 18.1 Å². The maximum Gasteiger partial charge on any atom is 0.00995 e. The molecule has 2 heteroatoms. The Morgan fingerprint density at radius 3 is 2.43 bits per heavy atom. The van der Waals surface area contributed by atoms with E-state index in [0.29, 0.717) is 6.04 Å². The third-order valence-electron chi connectivity index (χ3n) is 5.76. The van der Waals surface area contributed by atoms with Crippen LogP contribution in [0.15, 0.2) is 30.3 Å².